The van der Waals surface area contributed by atoms with Gasteiger partial charge in [-0.15, -0.1) is 0 Å². The number of para-hydroxylation sites is 1. The fraction of sp³-hybridized carbons (Fsp3) is 0.167. The average Bonchev–Trinajstić information content (AvgIpc) is 3.12. The Labute approximate surface area is 137 Å². The number of hydrogen-bond acceptors (Lipinski definition) is 1. The van der Waals surface area contributed by atoms with Gasteiger partial charge < -0.3 is 9.47 Å². The molecule has 0 unspecified atom stereocenters. The minimum atomic E-state index is 0.141. The smallest absolute Gasteiger partial charge is 0.246 e. The van der Waals surface area contributed by atoms with Gasteiger partial charge in [0.1, 0.15) is 6.54 Å². The molecule has 110 valence electrons. The third-order valence-corrected chi connectivity index (χ3v) is 4.95. The largest absolute Gasteiger partial charge is 0.338 e. The van der Waals surface area contributed by atoms with E-state index in [1.54, 1.807) is 0 Å². The number of fused-ring (bicyclic) bond motifs is 2. The van der Waals surface area contributed by atoms with Crippen LogP contribution in [0.25, 0.3) is 10.9 Å². The lowest BCUT2D eigenvalue weighted by molar-refractivity contribution is -0.119. The van der Waals surface area contributed by atoms with Crippen LogP contribution in [0, 0.1) is 0 Å². The molecule has 0 N–H and O–H groups in total. The molecule has 1 aliphatic rings. The average molecular weight is 355 g/mol. The Morgan fingerprint density at radius 2 is 1.95 bits per heavy atom. The molecule has 1 aliphatic heterocycles. The van der Waals surface area contributed by atoms with Gasteiger partial charge >= 0.3 is 0 Å². The molecule has 0 radical (unpaired) electrons. The number of carbonyl (C=O) groups excluding carboxylic acids is 1. The van der Waals surface area contributed by atoms with Crippen molar-refractivity contribution in [3.05, 3.63) is 64.8 Å². The first-order chi connectivity index (χ1) is 10.7. The molecule has 0 spiro atoms. The Morgan fingerprint density at radius 3 is 2.86 bits per heavy atom. The molecule has 1 aromatic heterocycles. The van der Waals surface area contributed by atoms with E-state index in [9.17, 15) is 4.79 Å². The van der Waals surface area contributed by atoms with Gasteiger partial charge in [-0.3, -0.25) is 4.79 Å². The zero-order chi connectivity index (χ0) is 15.1. The van der Waals surface area contributed by atoms with Crippen molar-refractivity contribution in [2.24, 2.45) is 0 Å². The number of benzene rings is 2. The number of anilines is 1. The van der Waals surface area contributed by atoms with Crippen LogP contribution in [0.15, 0.2) is 59.2 Å². The summed E-state index contributed by atoms with van der Waals surface area (Å²) in [4.78, 5) is 14.6. The molecule has 3 nitrogen and oxygen atoms in total. The van der Waals surface area contributed by atoms with Crippen molar-refractivity contribution < 1.29 is 4.79 Å². The summed E-state index contributed by atoms with van der Waals surface area (Å²) >= 11 is 3.56. The molecule has 2 aromatic carbocycles. The Hall–Kier alpha value is -2.07. The number of rotatable bonds is 2. The monoisotopic (exact) mass is 354 g/mol. The first kappa shape index (κ1) is 13.6. The van der Waals surface area contributed by atoms with Gasteiger partial charge in [-0.2, -0.15) is 0 Å². The summed E-state index contributed by atoms with van der Waals surface area (Å²) in [5, 5.41) is 1.14. The van der Waals surface area contributed by atoms with Gasteiger partial charge in [0, 0.05) is 33.8 Å². The molecular formula is C18H15BrN2O. The quantitative estimate of drug-likeness (QED) is 0.682. The third-order valence-electron chi connectivity index (χ3n) is 4.25. The number of amides is 1. The predicted octanol–water partition coefficient (Wildman–Crippen LogP) is 3.99. The standard InChI is InChI=1S/C18H15BrN2O/c19-15-5-3-7-17-14(15)9-10-20(17)12-18(22)21-11-8-13-4-1-2-6-16(13)21/h1-7,9-10H,8,11-12H2. The summed E-state index contributed by atoms with van der Waals surface area (Å²) in [6.45, 7) is 1.15. The first-order valence-electron chi connectivity index (χ1n) is 7.36. The van der Waals surface area contributed by atoms with Crippen molar-refractivity contribution in [1.82, 2.24) is 4.57 Å². The first-order valence-corrected chi connectivity index (χ1v) is 8.15. The van der Waals surface area contributed by atoms with Crippen molar-refractivity contribution in [1.29, 1.82) is 0 Å². The van der Waals surface area contributed by atoms with Crippen LogP contribution >= 0.6 is 15.9 Å². The van der Waals surface area contributed by atoms with Gasteiger partial charge in [0.15, 0.2) is 0 Å². The summed E-state index contributed by atoms with van der Waals surface area (Å²) in [6, 6.07) is 16.3. The third kappa shape index (κ3) is 2.15. The topological polar surface area (TPSA) is 25.2 Å². The molecule has 0 fully saturated rings. The normalized spacial score (nSPS) is 13.6. The van der Waals surface area contributed by atoms with Crippen LogP contribution < -0.4 is 4.90 Å². The zero-order valence-electron chi connectivity index (χ0n) is 12.0. The summed E-state index contributed by atoms with van der Waals surface area (Å²) < 4.78 is 3.08. The molecule has 0 saturated heterocycles. The van der Waals surface area contributed by atoms with Crippen LogP contribution in [-0.4, -0.2) is 17.0 Å². The van der Waals surface area contributed by atoms with E-state index in [0.717, 1.165) is 34.0 Å². The van der Waals surface area contributed by atoms with Gasteiger partial charge in [-0.05, 0) is 36.2 Å². The predicted molar refractivity (Wildman–Crippen MR) is 92.1 cm³/mol. The highest BCUT2D eigenvalue weighted by atomic mass is 79.9. The second-order valence-corrected chi connectivity index (χ2v) is 6.39. The van der Waals surface area contributed by atoms with Crippen molar-refractivity contribution in [2.75, 3.05) is 11.4 Å². The van der Waals surface area contributed by atoms with E-state index >= 15 is 0 Å². The lowest BCUT2D eigenvalue weighted by Crippen LogP contribution is -2.32. The van der Waals surface area contributed by atoms with E-state index in [1.165, 1.54) is 5.56 Å². The van der Waals surface area contributed by atoms with E-state index in [2.05, 4.69) is 22.0 Å². The number of carbonyl (C=O) groups is 1. The molecule has 0 atom stereocenters. The molecule has 0 saturated carbocycles. The summed E-state index contributed by atoms with van der Waals surface area (Å²) in [5.41, 5.74) is 3.40. The van der Waals surface area contributed by atoms with Crippen LogP contribution in [0.2, 0.25) is 0 Å². The van der Waals surface area contributed by atoms with Crippen LogP contribution in [-0.2, 0) is 17.8 Å². The SMILES string of the molecule is O=C(Cn1ccc2c(Br)cccc21)N1CCc2ccccc21. The minimum absolute atomic E-state index is 0.141. The van der Waals surface area contributed by atoms with Crippen molar-refractivity contribution >= 4 is 38.4 Å². The molecule has 2 heterocycles. The number of hydrogen-bond donors (Lipinski definition) is 0. The van der Waals surface area contributed by atoms with E-state index < -0.39 is 0 Å². The van der Waals surface area contributed by atoms with E-state index in [4.69, 9.17) is 0 Å². The molecule has 0 aliphatic carbocycles. The van der Waals surface area contributed by atoms with Gasteiger partial charge in [0.2, 0.25) is 5.91 Å². The highest BCUT2D eigenvalue weighted by Gasteiger charge is 2.24. The minimum Gasteiger partial charge on any atom is -0.338 e. The van der Waals surface area contributed by atoms with Crippen LogP contribution in [0.1, 0.15) is 5.56 Å². The molecule has 1 amide bonds. The van der Waals surface area contributed by atoms with Crippen LogP contribution in [0.5, 0.6) is 0 Å². The Morgan fingerprint density at radius 1 is 1.09 bits per heavy atom. The Balaban J connectivity index is 1.64. The molecule has 22 heavy (non-hydrogen) atoms. The van der Waals surface area contributed by atoms with Gasteiger partial charge in [-0.25, -0.2) is 0 Å². The van der Waals surface area contributed by atoms with Crippen molar-refractivity contribution in [3.63, 3.8) is 0 Å². The highest BCUT2D eigenvalue weighted by molar-refractivity contribution is 9.10. The Kier molecular flexibility index (Phi) is 3.26. The second-order valence-electron chi connectivity index (χ2n) is 5.54. The number of halogens is 1. The fourth-order valence-electron chi connectivity index (χ4n) is 3.15. The summed E-state index contributed by atoms with van der Waals surface area (Å²) in [6.07, 6.45) is 2.93. The zero-order valence-corrected chi connectivity index (χ0v) is 13.6. The molecule has 0 bridgehead atoms. The highest BCUT2D eigenvalue weighted by Crippen LogP contribution is 2.29. The fourth-order valence-corrected chi connectivity index (χ4v) is 3.64. The summed E-state index contributed by atoms with van der Waals surface area (Å²) in [7, 11) is 0. The Bertz CT molecular complexity index is 868. The molecule has 3 aromatic rings. The van der Waals surface area contributed by atoms with E-state index in [-0.39, 0.29) is 5.91 Å². The number of aromatic nitrogens is 1. The maximum Gasteiger partial charge on any atom is 0.246 e. The molecule has 4 rings (SSSR count). The lowest BCUT2D eigenvalue weighted by atomic mass is 10.2. The van der Waals surface area contributed by atoms with Gasteiger partial charge in [0.05, 0.1) is 0 Å². The van der Waals surface area contributed by atoms with Crippen LogP contribution in [0.4, 0.5) is 5.69 Å². The maximum atomic E-state index is 12.7. The second kappa shape index (κ2) is 5.29. The van der Waals surface area contributed by atoms with Gasteiger partial charge in [0.25, 0.3) is 0 Å². The molecular weight excluding hydrogens is 340 g/mol. The van der Waals surface area contributed by atoms with Crippen molar-refractivity contribution in [3.8, 4) is 0 Å². The van der Waals surface area contributed by atoms with Gasteiger partial charge in [-0.1, -0.05) is 40.2 Å². The van der Waals surface area contributed by atoms with Crippen molar-refractivity contribution in [2.45, 2.75) is 13.0 Å². The number of nitrogens with zero attached hydrogens (tertiary/aromatic N) is 2. The van der Waals surface area contributed by atoms with Crippen LogP contribution in [0.3, 0.4) is 0 Å². The lowest BCUT2D eigenvalue weighted by Gasteiger charge is -2.18. The van der Waals surface area contributed by atoms with E-state index in [1.807, 2.05) is 58.1 Å². The van der Waals surface area contributed by atoms with E-state index in [0.29, 0.717) is 6.54 Å². The maximum absolute atomic E-state index is 12.7. The molecule has 4 heteroatoms. The summed E-state index contributed by atoms with van der Waals surface area (Å²) in [5.74, 6) is 0.141.